The van der Waals surface area contributed by atoms with Crippen LogP contribution in [0.4, 0.5) is 5.69 Å². The number of hydrogen-bond donors (Lipinski definition) is 1. The molecular formula is C20H26N2O4S. The van der Waals surface area contributed by atoms with Gasteiger partial charge in [-0.15, -0.1) is 0 Å². The summed E-state index contributed by atoms with van der Waals surface area (Å²) in [6, 6.07) is 15.5. The number of methoxy groups -OCH3 is 1. The molecule has 0 fully saturated rings. The first kappa shape index (κ1) is 20.8. The lowest BCUT2D eigenvalue weighted by molar-refractivity contribution is -0.121. The van der Waals surface area contributed by atoms with E-state index in [1.807, 2.05) is 37.3 Å². The third-order valence-electron chi connectivity index (χ3n) is 4.37. The van der Waals surface area contributed by atoms with E-state index < -0.39 is 16.1 Å². The molecule has 2 atom stereocenters. The number of rotatable bonds is 8. The van der Waals surface area contributed by atoms with Crippen LogP contribution in [0.5, 0.6) is 5.75 Å². The van der Waals surface area contributed by atoms with E-state index in [2.05, 4.69) is 5.32 Å². The van der Waals surface area contributed by atoms with Crippen molar-refractivity contribution < 1.29 is 17.9 Å². The Balaban J connectivity index is 2.12. The Morgan fingerprint density at radius 3 is 2.19 bits per heavy atom. The normalized spacial score (nSPS) is 13.5. The first-order chi connectivity index (χ1) is 12.7. The molecule has 6 nitrogen and oxygen atoms in total. The Kier molecular flexibility index (Phi) is 6.85. The fourth-order valence-electron chi connectivity index (χ4n) is 2.84. The van der Waals surface area contributed by atoms with E-state index >= 15 is 0 Å². The minimum absolute atomic E-state index is 0.120. The second-order valence-corrected chi connectivity index (χ2v) is 8.35. The van der Waals surface area contributed by atoms with Gasteiger partial charge < -0.3 is 10.1 Å². The van der Waals surface area contributed by atoms with E-state index in [4.69, 9.17) is 4.74 Å². The maximum Gasteiger partial charge on any atom is 0.243 e. The number of nitrogens with zero attached hydrogens (tertiary/aromatic N) is 1. The van der Waals surface area contributed by atoms with Gasteiger partial charge in [0.15, 0.2) is 0 Å². The molecule has 0 heterocycles. The zero-order chi connectivity index (χ0) is 20.0. The molecule has 0 spiro atoms. The van der Waals surface area contributed by atoms with E-state index in [1.54, 1.807) is 31.2 Å². The van der Waals surface area contributed by atoms with Crippen molar-refractivity contribution in [2.24, 2.45) is 0 Å². The van der Waals surface area contributed by atoms with E-state index in [0.29, 0.717) is 18.0 Å². The lowest BCUT2D eigenvalue weighted by Crippen LogP contribution is -2.48. The molecule has 0 saturated carbocycles. The first-order valence-corrected chi connectivity index (χ1v) is 10.5. The lowest BCUT2D eigenvalue weighted by atomic mass is 10.0. The molecule has 7 heteroatoms. The number of carbonyl (C=O) groups excluding carboxylic acids is 1. The molecule has 0 aromatic heterocycles. The summed E-state index contributed by atoms with van der Waals surface area (Å²) < 4.78 is 30.8. The SMILES string of the molecule is COc1ccc(N([C@@H](C)C(=O)NC[C@H](C)c2ccccc2)S(C)(=O)=O)cc1. The van der Waals surface area contributed by atoms with Gasteiger partial charge in [0.05, 0.1) is 19.1 Å². The summed E-state index contributed by atoms with van der Waals surface area (Å²) in [5.41, 5.74) is 1.53. The maximum absolute atomic E-state index is 12.6. The van der Waals surface area contributed by atoms with Crippen LogP contribution in [0.2, 0.25) is 0 Å². The van der Waals surface area contributed by atoms with Crippen molar-refractivity contribution in [1.82, 2.24) is 5.32 Å². The van der Waals surface area contributed by atoms with Gasteiger partial charge in [0.25, 0.3) is 0 Å². The topological polar surface area (TPSA) is 75.7 Å². The average molecular weight is 391 g/mol. The van der Waals surface area contributed by atoms with Crippen LogP contribution < -0.4 is 14.4 Å². The van der Waals surface area contributed by atoms with Crippen LogP contribution in [0.15, 0.2) is 54.6 Å². The van der Waals surface area contributed by atoms with Gasteiger partial charge in [-0.1, -0.05) is 37.3 Å². The molecule has 0 unspecified atom stereocenters. The number of hydrogen-bond acceptors (Lipinski definition) is 4. The van der Waals surface area contributed by atoms with E-state index in [9.17, 15) is 13.2 Å². The molecule has 0 aliphatic rings. The zero-order valence-electron chi connectivity index (χ0n) is 16.0. The van der Waals surface area contributed by atoms with Crippen molar-refractivity contribution in [2.45, 2.75) is 25.8 Å². The maximum atomic E-state index is 12.6. The van der Waals surface area contributed by atoms with Crippen molar-refractivity contribution in [3.05, 3.63) is 60.2 Å². The largest absolute Gasteiger partial charge is 0.497 e. The van der Waals surface area contributed by atoms with Gasteiger partial charge in [0, 0.05) is 6.54 Å². The quantitative estimate of drug-likeness (QED) is 0.752. The van der Waals surface area contributed by atoms with Crippen LogP contribution in [-0.2, 0) is 14.8 Å². The molecular weight excluding hydrogens is 364 g/mol. The van der Waals surface area contributed by atoms with Gasteiger partial charge >= 0.3 is 0 Å². The highest BCUT2D eigenvalue weighted by molar-refractivity contribution is 7.92. The van der Waals surface area contributed by atoms with Gasteiger partial charge in [-0.2, -0.15) is 0 Å². The predicted octanol–water partition coefficient (Wildman–Crippen LogP) is 2.77. The van der Waals surface area contributed by atoms with Crippen molar-refractivity contribution in [1.29, 1.82) is 0 Å². The van der Waals surface area contributed by atoms with Crippen LogP contribution in [0.25, 0.3) is 0 Å². The summed E-state index contributed by atoms with van der Waals surface area (Å²) in [7, 11) is -2.11. The predicted molar refractivity (Wildman–Crippen MR) is 108 cm³/mol. The van der Waals surface area contributed by atoms with Gasteiger partial charge in [0.1, 0.15) is 11.8 Å². The summed E-state index contributed by atoms with van der Waals surface area (Å²) in [5, 5.41) is 2.86. The summed E-state index contributed by atoms with van der Waals surface area (Å²) in [5.74, 6) is 0.384. The Labute approximate surface area is 161 Å². The minimum atomic E-state index is -3.64. The van der Waals surface area contributed by atoms with Gasteiger partial charge in [-0.3, -0.25) is 9.10 Å². The van der Waals surface area contributed by atoms with E-state index in [0.717, 1.165) is 16.1 Å². The molecule has 2 aromatic carbocycles. The molecule has 2 rings (SSSR count). The van der Waals surface area contributed by atoms with Crippen molar-refractivity contribution in [3.63, 3.8) is 0 Å². The summed E-state index contributed by atoms with van der Waals surface area (Å²) in [6.07, 6.45) is 1.09. The molecule has 27 heavy (non-hydrogen) atoms. The molecule has 0 radical (unpaired) electrons. The molecule has 0 saturated heterocycles. The van der Waals surface area contributed by atoms with Gasteiger partial charge in [0.2, 0.25) is 15.9 Å². The number of ether oxygens (including phenoxy) is 1. The van der Waals surface area contributed by atoms with Crippen LogP contribution in [0, 0.1) is 0 Å². The monoisotopic (exact) mass is 390 g/mol. The molecule has 2 aromatic rings. The molecule has 1 amide bonds. The standard InChI is InChI=1S/C20H26N2O4S/c1-15(17-8-6-5-7-9-17)14-21-20(23)16(2)22(27(4,24)25)18-10-12-19(26-3)13-11-18/h5-13,15-16H,14H2,1-4H3,(H,21,23)/t15-,16-/m0/s1. The highest BCUT2D eigenvalue weighted by atomic mass is 32.2. The van der Waals surface area contributed by atoms with Gasteiger partial charge in [-0.05, 0) is 42.7 Å². The fourth-order valence-corrected chi connectivity index (χ4v) is 4.01. The number of anilines is 1. The van der Waals surface area contributed by atoms with Crippen molar-refractivity contribution in [3.8, 4) is 5.75 Å². The Bertz CT molecular complexity index is 851. The molecule has 0 bridgehead atoms. The van der Waals surface area contributed by atoms with Crippen molar-refractivity contribution in [2.75, 3.05) is 24.2 Å². The van der Waals surface area contributed by atoms with Crippen LogP contribution >= 0.6 is 0 Å². The van der Waals surface area contributed by atoms with E-state index in [-0.39, 0.29) is 11.8 Å². The smallest absolute Gasteiger partial charge is 0.243 e. The number of sulfonamides is 1. The molecule has 146 valence electrons. The van der Waals surface area contributed by atoms with Crippen molar-refractivity contribution >= 4 is 21.6 Å². The Morgan fingerprint density at radius 2 is 1.67 bits per heavy atom. The molecule has 0 aliphatic heterocycles. The minimum Gasteiger partial charge on any atom is -0.497 e. The highest BCUT2D eigenvalue weighted by Crippen LogP contribution is 2.24. The highest BCUT2D eigenvalue weighted by Gasteiger charge is 2.29. The van der Waals surface area contributed by atoms with E-state index in [1.165, 1.54) is 7.11 Å². The average Bonchev–Trinajstić information content (AvgIpc) is 2.66. The summed E-state index contributed by atoms with van der Waals surface area (Å²) in [6.45, 7) is 4.01. The van der Waals surface area contributed by atoms with Crippen LogP contribution in [0.3, 0.4) is 0 Å². The number of nitrogens with one attached hydrogen (secondary N) is 1. The number of benzene rings is 2. The second-order valence-electron chi connectivity index (χ2n) is 6.49. The second kappa shape index (κ2) is 8.90. The van der Waals surface area contributed by atoms with Gasteiger partial charge in [-0.25, -0.2) is 8.42 Å². The number of carbonyl (C=O) groups is 1. The fraction of sp³-hybridized carbons (Fsp3) is 0.350. The van der Waals surface area contributed by atoms with Crippen LogP contribution in [0.1, 0.15) is 25.3 Å². The number of amides is 1. The Morgan fingerprint density at radius 1 is 1.07 bits per heavy atom. The Hall–Kier alpha value is -2.54. The first-order valence-electron chi connectivity index (χ1n) is 8.70. The third kappa shape index (κ3) is 5.47. The third-order valence-corrected chi connectivity index (χ3v) is 5.61. The zero-order valence-corrected chi connectivity index (χ0v) is 16.9. The molecule has 1 N–H and O–H groups in total. The van der Waals surface area contributed by atoms with Crippen LogP contribution in [-0.4, -0.2) is 40.3 Å². The summed E-state index contributed by atoms with van der Waals surface area (Å²) >= 11 is 0. The lowest BCUT2D eigenvalue weighted by Gasteiger charge is -2.28. The summed E-state index contributed by atoms with van der Waals surface area (Å²) in [4.78, 5) is 12.6. The molecule has 0 aliphatic carbocycles.